The number of hydrogen-bond donors (Lipinski definition) is 0. The van der Waals surface area contributed by atoms with Gasteiger partial charge in [-0.15, -0.1) is 0 Å². The van der Waals surface area contributed by atoms with E-state index in [1.807, 2.05) is 6.08 Å². The summed E-state index contributed by atoms with van der Waals surface area (Å²) in [5.41, 5.74) is 0. The topological polar surface area (TPSA) is 40.9 Å². The van der Waals surface area contributed by atoms with Crippen molar-refractivity contribution in [2.24, 2.45) is 29.6 Å². The molecule has 2 fully saturated rings. The third-order valence-corrected chi connectivity index (χ3v) is 3.71. The third-order valence-electron chi connectivity index (χ3n) is 3.71. The first-order valence-corrected chi connectivity index (χ1v) is 4.44. The van der Waals surface area contributed by atoms with E-state index in [4.69, 9.17) is 5.26 Å². The van der Waals surface area contributed by atoms with E-state index >= 15 is 0 Å². The number of rotatable bonds is 0. The van der Waals surface area contributed by atoms with Crippen LogP contribution in [0, 0.1) is 40.9 Å². The molecule has 0 saturated heterocycles. The highest BCUT2D eigenvalue weighted by Crippen LogP contribution is 2.57. The van der Waals surface area contributed by atoms with Crippen LogP contribution in [-0.4, -0.2) is 5.78 Å². The van der Waals surface area contributed by atoms with Gasteiger partial charge in [-0.3, -0.25) is 4.79 Å². The van der Waals surface area contributed by atoms with E-state index in [0.717, 1.165) is 6.42 Å². The Hall–Kier alpha value is -1.10. The number of carbonyl (C=O) groups is 1. The molecule has 2 saturated carbocycles. The summed E-state index contributed by atoms with van der Waals surface area (Å²) >= 11 is 0. The molecule has 0 heterocycles. The predicted octanol–water partition coefficient (Wildman–Crippen LogP) is 1.15. The molecule has 0 radical (unpaired) electrons. The molecule has 12 heavy (non-hydrogen) atoms. The molecule has 0 amide bonds. The number of hydrogen-bond acceptors (Lipinski definition) is 2. The molecule has 60 valence electrons. The molecule has 0 aliphatic heterocycles. The van der Waals surface area contributed by atoms with Gasteiger partial charge in [-0.05, 0) is 18.3 Å². The third kappa shape index (κ3) is 0.483. The van der Waals surface area contributed by atoms with Crippen LogP contribution in [0.4, 0.5) is 0 Å². The van der Waals surface area contributed by atoms with Gasteiger partial charge in [0.2, 0.25) is 0 Å². The fraction of sp³-hybridized carbons (Fsp3) is 0.600. The van der Waals surface area contributed by atoms with Gasteiger partial charge in [0.1, 0.15) is 5.78 Å². The fourth-order valence-corrected chi connectivity index (χ4v) is 3.19. The normalized spacial score (nSPS) is 53.2. The first kappa shape index (κ1) is 6.42. The van der Waals surface area contributed by atoms with Crippen molar-refractivity contribution >= 4 is 5.78 Å². The van der Waals surface area contributed by atoms with Crippen molar-refractivity contribution in [3.63, 3.8) is 0 Å². The van der Waals surface area contributed by atoms with Gasteiger partial charge in [0.15, 0.2) is 0 Å². The Bertz CT molecular complexity index is 325. The quantitative estimate of drug-likeness (QED) is 0.497. The monoisotopic (exact) mass is 159 g/mol. The molecule has 2 bridgehead atoms. The zero-order valence-corrected chi connectivity index (χ0v) is 6.60. The van der Waals surface area contributed by atoms with Gasteiger partial charge in [0, 0.05) is 11.8 Å². The summed E-state index contributed by atoms with van der Waals surface area (Å²) in [5, 5.41) is 8.89. The van der Waals surface area contributed by atoms with Crippen molar-refractivity contribution in [3.05, 3.63) is 12.2 Å². The van der Waals surface area contributed by atoms with E-state index in [-0.39, 0.29) is 17.8 Å². The number of allylic oxidation sites excluding steroid dienone is 2. The molecule has 5 atom stereocenters. The van der Waals surface area contributed by atoms with Gasteiger partial charge in [-0.25, -0.2) is 0 Å². The molecule has 3 rings (SSSR count). The van der Waals surface area contributed by atoms with Crippen molar-refractivity contribution in [1.29, 1.82) is 5.26 Å². The summed E-state index contributed by atoms with van der Waals surface area (Å²) in [4.78, 5) is 11.6. The highest BCUT2D eigenvalue weighted by Gasteiger charge is 2.58. The Morgan fingerprint density at radius 2 is 2.33 bits per heavy atom. The largest absolute Gasteiger partial charge is 0.299 e. The van der Waals surface area contributed by atoms with Crippen LogP contribution in [0.25, 0.3) is 0 Å². The highest BCUT2D eigenvalue weighted by molar-refractivity contribution is 5.90. The van der Waals surface area contributed by atoms with E-state index < -0.39 is 0 Å². The molecular weight excluding hydrogens is 150 g/mol. The van der Waals surface area contributed by atoms with E-state index in [1.165, 1.54) is 0 Å². The fourth-order valence-electron chi connectivity index (χ4n) is 3.19. The summed E-state index contributed by atoms with van der Waals surface area (Å²) in [6.07, 6.45) is 5.09. The zero-order valence-electron chi connectivity index (χ0n) is 6.60. The van der Waals surface area contributed by atoms with Crippen molar-refractivity contribution in [3.8, 4) is 6.07 Å². The summed E-state index contributed by atoms with van der Waals surface area (Å²) in [7, 11) is 0. The Balaban J connectivity index is 2.11. The molecule has 3 aliphatic carbocycles. The second-order valence-electron chi connectivity index (χ2n) is 4.05. The Kier molecular flexibility index (Phi) is 0.960. The summed E-state index contributed by atoms with van der Waals surface area (Å²) in [6.45, 7) is 0. The number of fused-ring (bicyclic) bond motifs is 1. The average Bonchev–Trinajstić information content (AvgIpc) is 2.62. The molecule has 2 nitrogen and oxygen atoms in total. The Morgan fingerprint density at radius 3 is 3.08 bits per heavy atom. The zero-order chi connectivity index (χ0) is 8.29. The maximum Gasteiger partial charge on any atom is 0.144 e. The van der Waals surface area contributed by atoms with Crippen LogP contribution in [0.5, 0.6) is 0 Å². The molecule has 0 aromatic carbocycles. The maximum absolute atomic E-state index is 11.6. The lowest BCUT2D eigenvalue weighted by Gasteiger charge is -2.21. The van der Waals surface area contributed by atoms with Gasteiger partial charge in [0.05, 0.1) is 12.0 Å². The van der Waals surface area contributed by atoms with Crippen LogP contribution in [-0.2, 0) is 4.79 Å². The Labute approximate surface area is 70.9 Å². The number of carbonyl (C=O) groups excluding carboxylic acids is 1. The highest BCUT2D eigenvalue weighted by atomic mass is 16.1. The number of Topliss-reactive ketones (excluding diaryl/α,β-unsaturated/α-hetero) is 1. The average molecular weight is 159 g/mol. The smallest absolute Gasteiger partial charge is 0.144 e. The lowest BCUT2D eigenvalue weighted by molar-refractivity contribution is -0.125. The second-order valence-corrected chi connectivity index (χ2v) is 4.05. The van der Waals surface area contributed by atoms with Gasteiger partial charge in [-0.2, -0.15) is 5.26 Å². The van der Waals surface area contributed by atoms with Crippen LogP contribution in [0.1, 0.15) is 6.42 Å². The summed E-state index contributed by atoms with van der Waals surface area (Å²) in [6, 6.07) is 2.28. The second kappa shape index (κ2) is 1.80. The SMILES string of the molecule is N#CC1C2CC3C(C=CC13)C2=O. The van der Waals surface area contributed by atoms with Gasteiger partial charge in [0.25, 0.3) is 0 Å². The standard InChI is InChI=1S/C10H9NO/c11-4-9-5-1-2-6-7(5)3-8(9)10(6)12/h1-2,5-9H,3H2. The van der Waals surface area contributed by atoms with Gasteiger partial charge >= 0.3 is 0 Å². The number of nitrogens with zero attached hydrogens (tertiary/aromatic N) is 1. The van der Waals surface area contributed by atoms with E-state index in [2.05, 4.69) is 12.1 Å². The van der Waals surface area contributed by atoms with Gasteiger partial charge < -0.3 is 0 Å². The number of ketones is 1. The van der Waals surface area contributed by atoms with Crippen molar-refractivity contribution in [1.82, 2.24) is 0 Å². The van der Waals surface area contributed by atoms with E-state index in [9.17, 15) is 4.79 Å². The summed E-state index contributed by atoms with van der Waals surface area (Å²) < 4.78 is 0. The minimum Gasteiger partial charge on any atom is -0.299 e. The minimum absolute atomic E-state index is 0.00231. The lowest BCUT2D eigenvalue weighted by Crippen LogP contribution is -2.28. The maximum atomic E-state index is 11.6. The lowest BCUT2D eigenvalue weighted by atomic mass is 9.79. The van der Waals surface area contributed by atoms with Gasteiger partial charge in [-0.1, -0.05) is 12.2 Å². The van der Waals surface area contributed by atoms with Crippen molar-refractivity contribution < 1.29 is 4.79 Å². The predicted molar refractivity (Wildman–Crippen MR) is 41.8 cm³/mol. The first-order chi connectivity index (χ1) is 5.83. The van der Waals surface area contributed by atoms with Crippen LogP contribution >= 0.6 is 0 Å². The van der Waals surface area contributed by atoms with E-state index in [1.54, 1.807) is 0 Å². The summed E-state index contributed by atoms with van der Waals surface area (Å²) in [5.74, 6) is 1.48. The Morgan fingerprint density at radius 1 is 1.50 bits per heavy atom. The minimum atomic E-state index is -0.00231. The van der Waals surface area contributed by atoms with Crippen LogP contribution in [0.3, 0.4) is 0 Å². The first-order valence-electron chi connectivity index (χ1n) is 4.44. The molecule has 0 aromatic rings. The molecule has 2 heteroatoms. The molecule has 0 N–H and O–H groups in total. The van der Waals surface area contributed by atoms with Crippen LogP contribution < -0.4 is 0 Å². The molecule has 0 spiro atoms. The molecular formula is C10H9NO. The van der Waals surface area contributed by atoms with Crippen LogP contribution in [0.2, 0.25) is 0 Å². The molecule has 0 aromatic heterocycles. The molecule has 5 unspecified atom stereocenters. The van der Waals surface area contributed by atoms with Crippen molar-refractivity contribution in [2.75, 3.05) is 0 Å². The van der Waals surface area contributed by atoms with Crippen molar-refractivity contribution in [2.45, 2.75) is 6.42 Å². The van der Waals surface area contributed by atoms with E-state index in [0.29, 0.717) is 17.6 Å². The molecule has 3 aliphatic rings. The number of nitriles is 1. The van der Waals surface area contributed by atoms with Crippen LogP contribution in [0.15, 0.2) is 12.2 Å².